The predicted octanol–water partition coefficient (Wildman–Crippen LogP) is -0.672. The molecule has 1 aliphatic rings. The van der Waals surface area contributed by atoms with Crippen molar-refractivity contribution >= 4 is 17.3 Å². The van der Waals surface area contributed by atoms with Crippen LogP contribution >= 0.6 is 12.2 Å². The van der Waals surface area contributed by atoms with E-state index < -0.39 is 0 Å². The van der Waals surface area contributed by atoms with Gasteiger partial charge in [0.05, 0.1) is 13.2 Å². The molecule has 0 unspecified atom stereocenters. The predicted molar refractivity (Wildman–Crippen MR) is 47.2 cm³/mol. The summed E-state index contributed by atoms with van der Waals surface area (Å²) in [6.07, 6.45) is 0. The molecule has 2 N–H and O–H groups in total. The molecule has 1 fully saturated rings. The number of rotatable bonds is 1. The fourth-order valence-corrected chi connectivity index (χ4v) is 1.00. The maximum atomic E-state index is 5.17. The molecule has 0 bridgehead atoms. The van der Waals surface area contributed by atoms with Gasteiger partial charge in [-0.2, -0.15) is 0 Å². The highest BCUT2D eigenvalue weighted by Crippen LogP contribution is 1.91. The van der Waals surface area contributed by atoms with Crippen molar-refractivity contribution in [2.45, 2.75) is 0 Å². The van der Waals surface area contributed by atoms with Gasteiger partial charge >= 0.3 is 0 Å². The third kappa shape index (κ3) is 3.00. The van der Waals surface area contributed by atoms with E-state index in [2.05, 4.69) is 10.7 Å². The number of ether oxygens (including phenoxy) is 1. The molecule has 0 saturated carbocycles. The van der Waals surface area contributed by atoms with Crippen molar-refractivity contribution in [3.8, 4) is 0 Å². The van der Waals surface area contributed by atoms with E-state index >= 15 is 0 Å². The molecular formula is C6H13N3OS. The van der Waals surface area contributed by atoms with E-state index in [9.17, 15) is 0 Å². The minimum Gasteiger partial charge on any atom is -0.379 e. The number of hydrogen-bond donors (Lipinski definition) is 2. The molecular weight excluding hydrogens is 162 g/mol. The molecule has 0 aromatic heterocycles. The summed E-state index contributed by atoms with van der Waals surface area (Å²) in [5, 5.41) is 5.55. The topological polar surface area (TPSA) is 36.5 Å². The molecule has 0 radical (unpaired) electrons. The van der Waals surface area contributed by atoms with Gasteiger partial charge in [-0.3, -0.25) is 5.43 Å². The summed E-state index contributed by atoms with van der Waals surface area (Å²) >= 11 is 4.93. The first kappa shape index (κ1) is 8.70. The number of morpholine rings is 1. The Balaban J connectivity index is 2.19. The zero-order valence-corrected chi connectivity index (χ0v) is 7.41. The Morgan fingerprint density at radius 1 is 1.45 bits per heavy atom. The second kappa shape index (κ2) is 4.48. The molecule has 4 nitrogen and oxygen atoms in total. The lowest BCUT2D eigenvalue weighted by Gasteiger charge is -2.27. The van der Waals surface area contributed by atoms with Crippen molar-refractivity contribution in [2.24, 2.45) is 0 Å². The van der Waals surface area contributed by atoms with E-state index in [0.29, 0.717) is 5.11 Å². The van der Waals surface area contributed by atoms with Crippen molar-refractivity contribution in [3.63, 3.8) is 0 Å². The molecule has 1 heterocycles. The Bertz CT molecular complexity index is 136. The number of thiocarbonyl (C=S) groups is 1. The van der Waals surface area contributed by atoms with Crippen LogP contribution in [0.5, 0.6) is 0 Å². The second-order valence-corrected chi connectivity index (χ2v) is 2.70. The van der Waals surface area contributed by atoms with Gasteiger partial charge in [0.1, 0.15) is 0 Å². The molecule has 0 aliphatic carbocycles. The summed E-state index contributed by atoms with van der Waals surface area (Å²) in [4.78, 5) is 0. The number of hydrazine groups is 1. The Morgan fingerprint density at radius 3 is 2.64 bits per heavy atom. The lowest BCUT2D eigenvalue weighted by atomic mass is 10.5. The second-order valence-electron chi connectivity index (χ2n) is 2.29. The normalized spacial score (nSPS) is 19.4. The lowest BCUT2D eigenvalue weighted by Crippen LogP contribution is -2.50. The first-order valence-corrected chi connectivity index (χ1v) is 4.05. The smallest absolute Gasteiger partial charge is 0.180 e. The highest BCUT2D eigenvalue weighted by atomic mass is 32.1. The maximum absolute atomic E-state index is 5.17. The number of hydrogen-bond acceptors (Lipinski definition) is 3. The van der Waals surface area contributed by atoms with Crippen LogP contribution in [-0.4, -0.2) is 43.5 Å². The van der Waals surface area contributed by atoms with E-state index in [1.165, 1.54) is 0 Å². The molecule has 0 aromatic carbocycles. The van der Waals surface area contributed by atoms with E-state index in [-0.39, 0.29) is 0 Å². The van der Waals surface area contributed by atoms with Gasteiger partial charge in [0.15, 0.2) is 5.11 Å². The summed E-state index contributed by atoms with van der Waals surface area (Å²) in [7, 11) is 1.80. The SMILES string of the molecule is CNC(=S)NN1CCOCC1. The van der Waals surface area contributed by atoms with E-state index in [1.54, 1.807) is 7.05 Å². The van der Waals surface area contributed by atoms with Crippen LogP contribution in [0.4, 0.5) is 0 Å². The first-order valence-electron chi connectivity index (χ1n) is 3.64. The van der Waals surface area contributed by atoms with Crippen molar-refractivity contribution in [2.75, 3.05) is 33.4 Å². The third-order valence-electron chi connectivity index (χ3n) is 1.50. The molecule has 1 rings (SSSR count). The molecule has 1 aliphatic heterocycles. The fourth-order valence-electron chi connectivity index (χ4n) is 0.875. The lowest BCUT2D eigenvalue weighted by molar-refractivity contribution is 0.0247. The van der Waals surface area contributed by atoms with Crippen molar-refractivity contribution < 1.29 is 4.74 Å². The average Bonchev–Trinajstić information content (AvgIpc) is 2.06. The Kier molecular flexibility index (Phi) is 3.55. The molecule has 5 heteroatoms. The van der Waals surface area contributed by atoms with Crippen LogP contribution in [-0.2, 0) is 4.74 Å². The molecule has 0 spiro atoms. The van der Waals surface area contributed by atoms with E-state index in [1.807, 2.05) is 5.01 Å². The fraction of sp³-hybridized carbons (Fsp3) is 0.833. The Labute approximate surface area is 71.9 Å². The highest BCUT2D eigenvalue weighted by molar-refractivity contribution is 7.80. The Morgan fingerprint density at radius 2 is 2.09 bits per heavy atom. The van der Waals surface area contributed by atoms with Crippen LogP contribution in [0.15, 0.2) is 0 Å². The molecule has 0 amide bonds. The summed E-state index contributed by atoms with van der Waals surface area (Å²) in [5.41, 5.74) is 3.04. The van der Waals surface area contributed by atoms with E-state index in [4.69, 9.17) is 17.0 Å². The monoisotopic (exact) mass is 175 g/mol. The quantitative estimate of drug-likeness (QED) is 0.517. The minimum absolute atomic E-state index is 0.659. The van der Waals surface area contributed by atoms with Gasteiger partial charge in [0.2, 0.25) is 0 Å². The third-order valence-corrected chi connectivity index (χ3v) is 1.79. The summed E-state index contributed by atoms with van der Waals surface area (Å²) in [6.45, 7) is 3.34. The molecule has 0 aromatic rings. The van der Waals surface area contributed by atoms with Crippen LogP contribution in [0, 0.1) is 0 Å². The number of nitrogens with zero attached hydrogens (tertiary/aromatic N) is 1. The zero-order chi connectivity index (χ0) is 8.10. The van der Waals surface area contributed by atoms with Gasteiger partial charge in [-0.1, -0.05) is 0 Å². The molecule has 11 heavy (non-hydrogen) atoms. The van der Waals surface area contributed by atoms with Crippen LogP contribution in [0.25, 0.3) is 0 Å². The first-order chi connectivity index (χ1) is 5.33. The van der Waals surface area contributed by atoms with Crippen molar-refractivity contribution in [1.29, 1.82) is 0 Å². The standard InChI is InChI=1S/C6H13N3OS/c1-7-6(11)8-9-2-4-10-5-3-9/h2-5H2,1H3,(H2,7,8,11). The van der Waals surface area contributed by atoms with Gasteiger partial charge in [-0.05, 0) is 12.2 Å². The largest absolute Gasteiger partial charge is 0.379 e. The van der Waals surface area contributed by atoms with Gasteiger partial charge in [-0.25, -0.2) is 5.01 Å². The minimum atomic E-state index is 0.659. The van der Waals surface area contributed by atoms with Gasteiger partial charge in [0, 0.05) is 20.1 Å². The molecule has 64 valence electrons. The van der Waals surface area contributed by atoms with Gasteiger partial charge in [-0.15, -0.1) is 0 Å². The molecule has 0 atom stereocenters. The number of nitrogens with one attached hydrogen (secondary N) is 2. The van der Waals surface area contributed by atoms with Gasteiger partial charge < -0.3 is 10.1 Å². The van der Waals surface area contributed by atoms with Crippen LogP contribution in [0.3, 0.4) is 0 Å². The maximum Gasteiger partial charge on any atom is 0.180 e. The average molecular weight is 175 g/mol. The zero-order valence-electron chi connectivity index (χ0n) is 6.59. The Hall–Kier alpha value is -0.390. The van der Waals surface area contributed by atoms with Crippen LogP contribution in [0.1, 0.15) is 0 Å². The molecule has 1 saturated heterocycles. The summed E-state index contributed by atoms with van der Waals surface area (Å²) < 4.78 is 5.17. The van der Waals surface area contributed by atoms with Crippen molar-refractivity contribution in [3.05, 3.63) is 0 Å². The summed E-state index contributed by atoms with van der Waals surface area (Å²) in [6, 6.07) is 0. The highest BCUT2D eigenvalue weighted by Gasteiger charge is 2.09. The van der Waals surface area contributed by atoms with E-state index in [0.717, 1.165) is 26.3 Å². The van der Waals surface area contributed by atoms with Gasteiger partial charge in [0.25, 0.3) is 0 Å². The van der Waals surface area contributed by atoms with Crippen molar-refractivity contribution in [1.82, 2.24) is 15.8 Å². The summed E-state index contributed by atoms with van der Waals surface area (Å²) in [5.74, 6) is 0. The van der Waals surface area contributed by atoms with Crippen LogP contribution < -0.4 is 10.7 Å². The van der Waals surface area contributed by atoms with Crippen LogP contribution in [0.2, 0.25) is 0 Å².